The van der Waals surface area contributed by atoms with Gasteiger partial charge in [-0.05, 0) is 37.0 Å². The number of unbranched alkanes of at least 4 members (excludes halogenated alkanes) is 1. The van der Waals surface area contributed by atoms with Crippen molar-refractivity contribution in [2.45, 2.75) is 59.3 Å². The van der Waals surface area contributed by atoms with E-state index in [2.05, 4.69) is 6.58 Å². The number of rotatable bonds is 12. The van der Waals surface area contributed by atoms with Crippen molar-refractivity contribution < 1.29 is 29.3 Å². The van der Waals surface area contributed by atoms with Crippen molar-refractivity contribution in [3.05, 3.63) is 42.0 Å². The van der Waals surface area contributed by atoms with Crippen molar-refractivity contribution >= 4 is 17.9 Å². The lowest BCUT2D eigenvalue weighted by Crippen LogP contribution is -2.50. The van der Waals surface area contributed by atoms with Gasteiger partial charge in [-0.2, -0.15) is 0 Å². The Morgan fingerprint density at radius 2 is 1.75 bits per heavy atom. The highest BCUT2D eigenvalue weighted by atomic mass is 16.5. The number of esters is 1. The smallest absolute Gasteiger partial charge is 0.312 e. The lowest BCUT2D eigenvalue weighted by Gasteiger charge is -2.39. The average Bonchev–Trinajstić information content (AvgIpc) is 2.65. The second kappa shape index (κ2) is 10.6. The van der Waals surface area contributed by atoms with E-state index in [4.69, 9.17) is 4.74 Å². The summed E-state index contributed by atoms with van der Waals surface area (Å²) < 4.78 is 5.22. The van der Waals surface area contributed by atoms with Crippen LogP contribution >= 0.6 is 0 Å². The monoisotopic (exact) mass is 388 g/mol. The van der Waals surface area contributed by atoms with Crippen LogP contribution in [0.25, 0.3) is 0 Å². The fraction of sp³-hybridized carbons (Fsp3) is 0.500. The van der Waals surface area contributed by atoms with Gasteiger partial charge >= 0.3 is 5.97 Å². The molecule has 0 aliphatic rings. The van der Waals surface area contributed by atoms with E-state index >= 15 is 0 Å². The van der Waals surface area contributed by atoms with Crippen molar-refractivity contribution in [1.82, 2.24) is 0 Å². The molecule has 0 N–H and O–H groups in total. The van der Waals surface area contributed by atoms with Crippen LogP contribution < -0.4 is 14.9 Å². The number of aliphatic carboxylic acids is 2. The summed E-state index contributed by atoms with van der Waals surface area (Å²) in [6, 6.07) is 6.65. The highest BCUT2D eigenvalue weighted by Crippen LogP contribution is 2.40. The minimum atomic E-state index is -2.07. The molecule has 1 aromatic carbocycles. The maximum absolute atomic E-state index is 12.5. The lowest BCUT2D eigenvalue weighted by atomic mass is 9.70. The van der Waals surface area contributed by atoms with Crippen LogP contribution in [-0.2, 0) is 14.4 Å². The number of carboxylic acid groups (broad SMARTS) is 2. The van der Waals surface area contributed by atoms with Gasteiger partial charge in [-0.3, -0.25) is 4.79 Å². The van der Waals surface area contributed by atoms with E-state index in [1.54, 1.807) is 24.3 Å². The molecule has 0 spiro atoms. The van der Waals surface area contributed by atoms with Gasteiger partial charge in [0.2, 0.25) is 0 Å². The maximum atomic E-state index is 12.5. The Morgan fingerprint density at radius 3 is 2.21 bits per heavy atom. The average molecular weight is 388 g/mol. The van der Waals surface area contributed by atoms with Gasteiger partial charge < -0.3 is 24.5 Å². The molecule has 0 aliphatic carbocycles. The molecule has 0 amide bonds. The van der Waals surface area contributed by atoms with Crippen molar-refractivity contribution in [2.24, 2.45) is 11.3 Å². The zero-order chi connectivity index (χ0) is 21.3. The van der Waals surface area contributed by atoms with E-state index < -0.39 is 35.3 Å². The summed E-state index contributed by atoms with van der Waals surface area (Å²) in [4.78, 5) is 36.0. The van der Waals surface area contributed by atoms with Crippen LogP contribution in [0.2, 0.25) is 0 Å². The molecular formula is C22H28O6-2. The second-order valence-electron chi connectivity index (χ2n) is 7.22. The predicted molar refractivity (Wildman–Crippen MR) is 101 cm³/mol. The van der Waals surface area contributed by atoms with Crippen molar-refractivity contribution in [2.75, 3.05) is 0 Å². The molecule has 2 atom stereocenters. The fourth-order valence-corrected chi connectivity index (χ4v) is 3.23. The molecule has 1 rings (SSSR count). The molecule has 0 heterocycles. The lowest BCUT2D eigenvalue weighted by molar-refractivity contribution is -0.323. The molecule has 6 heteroatoms. The first kappa shape index (κ1) is 23.4. The van der Waals surface area contributed by atoms with E-state index in [-0.39, 0.29) is 18.1 Å². The van der Waals surface area contributed by atoms with Crippen molar-refractivity contribution in [1.29, 1.82) is 0 Å². The molecule has 2 unspecified atom stereocenters. The van der Waals surface area contributed by atoms with Gasteiger partial charge in [0, 0.05) is 5.41 Å². The minimum Gasteiger partial charge on any atom is -0.549 e. The number of carbonyl (C=O) groups is 3. The summed E-state index contributed by atoms with van der Waals surface area (Å²) in [6.45, 7) is 9.18. The number of carboxylic acids is 2. The highest BCUT2D eigenvalue weighted by molar-refractivity contribution is 5.96. The minimum absolute atomic E-state index is 0.0678. The summed E-state index contributed by atoms with van der Waals surface area (Å²) >= 11 is 0. The third-order valence-corrected chi connectivity index (χ3v) is 5.09. The van der Waals surface area contributed by atoms with Crippen LogP contribution in [0.4, 0.5) is 0 Å². The molecule has 0 fully saturated rings. The topological polar surface area (TPSA) is 107 Å². The molecular weight excluding hydrogens is 360 g/mol. The van der Waals surface area contributed by atoms with E-state index in [0.717, 1.165) is 24.8 Å². The SMILES string of the molecule is C=C(C(=O)[O-])C(CC(=O)Oc1ccc(C)cc1)(CC(CC)CCCC)C(=O)[O-]. The normalized spacial score (nSPS) is 14.0. The Balaban J connectivity index is 3.14. The van der Waals surface area contributed by atoms with Gasteiger partial charge in [0.1, 0.15) is 5.75 Å². The molecule has 6 nitrogen and oxygen atoms in total. The van der Waals surface area contributed by atoms with Gasteiger partial charge in [0.15, 0.2) is 0 Å². The first-order valence-corrected chi connectivity index (χ1v) is 9.55. The number of benzene rings is 1. The van der Waals surface area contributed by atoms with Crippen molar-refractivity contribution in [3.63, 3.8) is 0 Å². The first-order chi connectivity index (χ1) is 13.2. The molecule has 0 bridgehead atoms. The van der Waals surface area contributed by atoms with Gasteiger partial charge in [-0.15, -0.1) is 0 Å². The Kier molecular flexibility index (Phi) is 8.89. The summed E-state index contributed by atoms with van der Waals surface area (Å²) in [5.74, 6) is -4.07. The summed E-state index contributed by atoms with van der Waals surface area (Å²) in [7, 11) is 0. The van der Waals surface area contributed by atoms with Crippen LogP contribution in [0.15, 0.2) is 36.4 Å². The predicted octanol–water partition coefficient (Wildman–Crippen LogP) is 1.94. The van der Waals surface area contributed by atoms with Crippen LogP contribution in [-0.4, -0.2) is 17.9 Å². The number of aryl methyl sites for hydroxylation is 1. The zero-order valence-corrected chi connectivity index (χ0v) is 16.8. The van der Waals surface area contributed by atoms with Gasteiger partial charge in [0.05, 0.1) is 18.4 Å². The van der Waals surface area contributed by atoms with Gasteiger partial charge in [0.25, 0.3) is 0 Å². The molecule has 0 saturated carbocycles. The van der Waals surface area contributed by atoms with Crippen LogP contribution in [0.1, 0.15) is 57.9 Å². The Morgan fingerprint density at radius 1 is 1.14 bits per heavy atom. The third kappa shape index (κ3) is 6.22. The standard InChI is InChI=1S/C22H30O6/c1-5-7-8-17(6-2)13-22(21(26)27,16(4)20(24)25)14-19(23)28-18-11-9-15(3)10-12-18/h9-12,17H,4-8,13-14H2,1-3H3,(H,24,25)(H,26,27)/p-2. The second-order valence-corrected chi connectivity index (χ2v) is 7.22. The van der Waals surface area contributed by atoms with E-state index in [9.17, 15) is 24.6 Å². The Labute approximate surface area is 166 Å². The molecule has 0 radical (unpaired) electrons. The highest BCUT2D eigenvalue weighted by Gasteiger charge is 2.40. The van der Waals surface area contributed by atoms with E-state index in [0.29, 0.717) is 6.42 Å². The van der Waals surface area contributed by atoms with E-state index in [1.807, 2.05) is 20.8 Å². The third-order valence-electron chi connectivity index (χ3n) is 5.09. The molecule has 0 saturated heterocycles. The van der Waals surface area contributed by atoms with E-state index in [1.165, 1.54) is 0 Å². The van der Waals surface area contributed by atoms with Gasteiger partial charge in [-0.25, -0.2) is 0 Å². The molecule has 1 aromatic rings. The van der Waals surface area contributed by atoms with Gasteiger partial charge in [-0.1, -0.05) is 63.8 Å². The molecule has 0 aromatic heterocycles. The first-order valence-electron chi connectivity index (χ1n) is 9.55. The molecule has 154 valence electrons. The number of hydrogen-bond acceptors (Lipinski definition) is 6. The Hall–Kier alpha value is -2.63. The zero-order valence-electron chi connectivity index (χ0n) is 16.8. The summed E-state index contributed by atoms with van der Waals surface area (Å²) in [6.07, 6.45) is 2.40. The number of ether oxygens (including phenoxy) is 1. The number of hydrogen-bond donors (Lipinski definition) is 0. The van der Waals surface area contributed by atoms with Crippen molar-refractivity contribution in [3.8, 4) is 5.75 Å². The molecule has 28 heavy (non-hydrogen) atoms. The summed E-state index contributed by atoms with van der Waals surface area (Å²) in [5, 5.41) is 23.5. The largest absolute Gasteiger partial charge is 0.549 e. The molecule has 0 aliphatic heterocycles. The Bertz CT molecular complexity index is 706. The fourth-order valence-electron chi connectivity index (χ4n) is 3.23. The number of carbonyl (C=O) groups excluding carboxylic acids is 3. The van der Waals surface area contributed by atoms with Crippen LogP contribution in [0.5, 0.6) is 5.75 Å². The van der Waals surface area contributed by atoms with Crippen LogP contribution in [0.3, 0.4) is 0 Å². The maximum Gasteiger partial charge on any atom is 0.312 e. The quantitative estimate of drug-likeness (QED) is 0.308. The van der Waals surface area contributed by atoms with Crippen LogP contribution in [0, 0.1) is 18.3 Å². The summed E-state index contributed by atoms with van der Waals surface area (Å²) in [5.41, 5.74) is -1.77.